The fraction of sp³-hybridized carbons (Fsp3) is 0.744. The summed E-state index contributed by atoms with van der Waals surface area (Å²) in [6, 6.07) is -4.26. The summed E-state index contributed by atoms with van der Waals surface area (Å²) in [5, 5.41) is 19.4. The molecule has 330 valence electrons. The predicted octanol–water partition coefficient (Wildman–Crippen LogP) is 3.68. The summed E-state index contributed by atoms with van der Waals surface area (Å²) >= 11 is 0. The Morgan fingerprint density at radius 2 is 1.41 bits per heavy atom. The molecule has 2 unspecified atom stereocenters. The summed E-state index contributed by atoms with van der Waals surface area (Å²) in [4.78, 5) is 98.2. The van der Waals surface area contributed by atoms with Crippen LogP contribution in [0.5, 0.6) is 0 Å². The summed E-state index contributed by atoms with van der Waals surface area (Å²) in [6.45, 7) is 22.3. The van der Waals surface area contributed by atoms with Gasteiger partial charge in [0.05, 0.1) is 12.6 Å². The van der Waals surface area contributed by atoms with Crippen LogP contribution in [0.15, 0.2) is 23.3 Å². The minimum atomic E-state index is -1.26. The number of nitrogens with one attached hydrogen (secondary N) is 3. The topological polar surface area (TPSA) is 201 Å². The zero-order valence-electron chi connectivity index (χ0n) is 37.6. The third-order valence-electron chi connectivity index (χ3n) is 10.9. The Morgan fingerprint density at radius 1 is 0.862 bits per heavy atom. The summed E-state index contributed by atoms with van der Waals surface area (Å²) in [5.41, 5.74) is 0.830. The molecule has 0 bridgehead atoms. The van der Waals surface area contributed by atoms with E-state index in [-0.39, 0.29) is 24.3 Å². The van der Waals surface area contributed by atoms with Crippen molar-refractivity contribution in [3.05, 3.63) is 23.3 Å². The molecule has 0 fully saturated rings. The maximum absolute atomic E-state index is 14.1. The standard InChI is InChI=1S/C43H73N5O10/c1-16-18-27(10)36-29(12)32(49)20-19-28(11)42(55)58-37(26(9)17-2)39(52)46-35(25(7)8)41(54)48(15)31(21-23(3)4)38(51)44-22-33(50)45-34(24(5)6)40(53)47(14)30(13)43(56)57-36/h18-19,23-26,29-32,34-37,49H,16-17,20-22H2,1-15H3,(H,44,51)(H,45,50)(H,46,52)/b27-18+,28-19+/t26-,29-,30-,31-,32-,34?,35-,36?,37+/m0/s1. The zero-order valence-corrected chi connectivity index (χ0v) is 37.6. The molecule has 1 rings (SSSR count). The second-order valence-electron chi connectivity index (χ2n) is 16.9. The SMILES string of the molecule is CC/C=C(\C)C1OC(=O)[C@H](C)N(C)C(=O)C(C(C)C)NC(=O)CNC(=O)[C@H](CC(C)C)N(C)C(=O)[C@H](C(C)C)NC(=O)[C@@H]([C@@H](C)CC)OC(=O)/C(C)=C/C[C@H](O)[C@@H]1C. The number of esters is 2. The third kappa shape index (κ3) is 14.8. The lowest BCUT2D eigenvalue weighted by atomic mass is 9.90. The number of ether oxygens (including phenoxy) is 2. The Morgan fingerprint density at radius 3 is 1.93 bits per heavy atom. The molecule has 9 atom stereocenters. The number of nitrogens with zero attached hydrogens (tertiary/aromatic N) is 2. The first kappa shape index (κ1) is 51.7. The maximum atomic E-state index is 14.1. The number of aliphatic hydroxyl groups excluding tert-OH is 1. The van der Waals surface area contributed by atoms with Crippen LogP contribution in [0.3, 0.4) is 0 Å². The van der Waals surface area contributed by atoms with Gasteiger partial charge < -0.3 is 40.3 Å². The lowest BCUT2D eigenvalue weighted by Gasteiger charge is -2.34. The number of hydrogen-bond acceptors (Lipinski definition) is 10. The van der Waals surface area contributed by atoms with Crippen LogP contribution >= 0.6 is 0 Å². The highest BCUT2D eigenvalue weighted by Gasteiger charge is 2.39. The van der Waals surface area contributed by atoms with Crippen LogP contribution in [0.4, 0.5) is 0 Å². The largest absolute Gasteiger partial charge is 0.456 e. The van der Waals surface area contributed by atoms with E-state index in [2.05, 4.69) is 16.0 Å². The molecule has 5 amide bonds. The molecule has 1 heterocycles. The highest BCUT2D eigenvalue weighted by Crippen LogP contribution is 2.25. The zero-order chi connectivity index (χ0) is 44.8. The number of amides is 5. The number of carbonyl (C=O) groups is 7. The molecule has 1 aliphatic heterocycles. The van der Waals surface area contributed by atoms with Crippen LogP contribution in [0.1, 0.15) is 116 Å². The van der Waals surface area contributed by atoms with Crippen molar-refractivity contribution in [2.24, 2.45) is 29.6 Å². The van der Waals surface area contributed by atoms with Crippen molar-refractivity contribution in [1.82, 2.24) is 25.8 Å². The molecule has 4 N–H and O–H groups in total. The Labute approximate surface area is 346 Å². The number of cyclic esters (lactones) is 2. The van der Waals surface area contributed by atoms with Crippen molar-refractivity contribution >= 4 is 41.5 Å². The molecule has 15 nitrogen and oxygen atoms in total. The normalized spacial score (nSPS) is 29.4. The first-order chi connectivity index (χ1) is 26.9. The Bertz CT molecular complexity index is 1510. The smallest absolute Gasteiger partial charge is 0.334 e. The molecule has 0 spiro atoms. The monoisotopic (exact) mass is 820 g/mol. The Kier molecular flexibility index (Phi) is 21.4. The van der Waals surface area contributed by atoms with Crippen LogP contribution in [-0.2, 0) is 43.0 Å². The molecule has 0 radical (unpaired) electrons. The molecule has 1 aliphatic rings. The Balaban J connectivity index is 3.81. The van der Waals surface area contributed by atoms with Crippen molar-refractivity contribution in [2.45, 2.75) is 158 Å². The molecular weight excluding hydrogens is 746 g/mol. The van der Waals surface area contributed by atoms with Crippen LogP contribution in [0.2, 0.25) is 0 Å². The number of rotatable bonds is 8. The number of allylic oxidation sites excluding steroid dienone is 1. The van der Waals surface area contributed by atoms with E-state index >= 15 is 0 Å². The van der Waals surface area contributed by atoms with E-state index in [1.54, 1.807) is 48.5 Å². The number of likely N-dealkylation sites (N-methyl/N-ethyl adjacent to an activating group) is 2. The second kappa shape index (κ2) is 24.0. The molecule has 0 aromatic heterocycles. The minimum Gasteiger partial charge on any atom is -0.456 e. The molecule has 0 aromatic carbocycles. The Hall–Kier alpha value is -4.27. The average Bonchev–Trinajstić information content (AvgIpc) is 3.16. The predicted molar refractivity (Wildman–Crippen MR) is 222 cm³/mol. The molecule has 58 heavy (non-hydrogen) atoms. The average molecular weight is 820 g/mol. The second-order valence-corrected chi connectivity index (χ2v) is 16.9. The summed E-state index contributed by atoms with van der Waals surface area (Å²) < 4.78 is 11.7. The molecule has 0 saturated heterocycles. The summed E-state index contributed by atoms with van der Waals surface area (Å²) in [5.74, 6) is -6.53. The third-order valence-corrected chi connectivity index (χ3v) is 10.9. The van der Waals surface area contributed by atoms with Gasteiger partial charge >= 0.3 is 11.9 Å². The molecule has 0 aromatic rings. The van der Waals surface area contributed by atoms with Crippen molar-refractivity contribution in [1.29, 1.82) is 0 Å². The van der Waals surface area contributed by atoms with Gasteiger partial charge in [-0.05, 0) is 69.8 Å². The van der Waals surface area contributed by atoms with Gasteiger partial charge in [0.1, 0.15) is 30.3 Å². The lowest BCUT2D eigenvalue weighted by Crippen LogP contribution is -2.59. The van der Waals surface area contributed by atoms with Crippen molar-refractivity contribution in [3.63, 3.8) is 0 Å². The van der Waals surface area contributed by atoms with Crippen molar-refractivity contribution in [2.75, 3.05) is 20.6 Å². The summed E-state index contributed by atoms with van der Waals surface area (Å²) in [7, 11) is 2.89. The maximum Gasteiger partial charge on any atom is 0.334 e. The molecule has 15 heteroatoms. The van der Waals surface area contributed by atoms with E-state index in [1.807, 2.05) is 33.8 Å². The van der Waals surface area contributed by atoms with Crippen LogP contribution in [0, 0.1) is 29.6 Å². The van der Waals surface area contributed by atoms with Gasteiger partial charge in [-0.25, -0.2) is 9.59 Å². The van der Waals surface area contributed by atoms with Crippen molar-refractivity contribution < 1.29 is 48.1 Å². The van der Waals surface area contributed by atoms with E-state index < -0.39 is 114 Å². The van der Waals surface area contributed by atoms with Gasteiger partial charge in [-0.2, -0.15) is 0 Å². The van der Waals surface area contributed by atoms with Crippen LogP contribution in [0.25, 0.3) is 0 Å². The first-order valence-electron chi connectivity index (χ1n) is 20.7. The highest BCUT2D eigenvalue weighted by atomic mass is 16.6. The number of carbonyl (C=O) groups excluding carboxylic acids is 7. The summed E-state index contributed by atoms with van der Waals surface area (Å²) in [6.07, 6.45) is 1.47. The number of hydrogen-bond donors (Lipinski definition) is 4. The van der Waals surface area contributed by atoms with Gasteiger partial charge in [-0.1, -0.05) is 81.4 Å². The van der Waals surface area contributed by atoms with Gasteiger partial charge in [0.25, 0.3) is 5.91 Å². The van der Waals surface area contributed by atoms with E-state index in [0.29, 0.717) is 18.4 Å². The van der Waals surface area contributed by atoms with Crippen molar-refractivity contribution in [3.8, 4) is 0 Å². The van der Waals surface area contributed by atoms with Gasteiger partial charge in [0.15, 0.2) is 6.10 Å². The van der Waals surface area contributed by atoms with Gasteiger partial charge in [0, 0.05) is 31.5 Å². The lowest BCUT2D eigenvalue weighted by molar-refractivity contribution is -0.160. The van der Waals surface area contributed by atoms with E-state index in [0.717, 1.165) is 0 Å². The molecular formula is C43H73N5O10. The first-order valence-corrected chi connectivity index (χ1v) is 20.7. The van der Waals surface area contributed by atoms with Gasteiger partial charge in [0.2, 0.25) is 23.6 Å². The van der Waals surface area contributed by atoms with E-state index in [9.17, 15) is 38.7 Å². The van der Waals surface area contributed by atoms with Gasteiger partial charge in [-0.3, -0.25) is 24.0 Å². The number of aliphatic hydroxyl groups is 1. The minimum absolute atomic E-state index is 0.0131. The van der Waals surface area contributed by atoms with Crippen LogP contribution in [-0.4, -0.2) is 120 Å². The van der Waals surface area contributed by atoms with Crippen LogP contribution < -0.4 is 16.0 Å². The fourth-order valence-electron chi connectivity index (χ4n) is 6.53. The molecule has 0 saturated carbocycles. The van der Waals surface area contributed by atoms with Gasteiger partial charge in [-0.15, -0.1) is 0 Å². The fourth-order valence-corrected chi connectivity index (χ4v) is 6.53. The quantitative estimate of drug-likeness (QED) is 0.207. The van der Waals surface area contributed by atoms with E-state index in [1.165, 1.54) is 43.8 Å². The molecule has 0 aliphatic carbocycles. The highest BCUT2D eigenvalue weighted by molar-refractivity contribution is 5.96. The van der Waals surface area contributed by atoms with E-state index in [4.69, 9.17) is 9.47 Å².